The fraction of sp³-hybridized carbons (Fsp3) is 0. The zero-order valence-electron chi connectivity index (χ0n) is 34.1. The molecule has 0 aliphatic carbocycles. The molecule has 13 aromatic rings. The molecule has 0 atom stereocenters. The Morgan fingerprint density at radius 1 is 0.317 bits per heavy atom. The van der Waals surface area contributed by atoms with Crippen LogP contribution in [0.2, 0.25) is 0 Å². The molecule has 0 saturated heterocycles. The van der Waals surface area contributed by atoms with E-state index in [2.05, 4.69) is 180 Å². The van der Waals surface area contributed by atoms with Gasteiger partial charge in [-0.2, -0.15) is 0 Å². The summed E-state index contributed by atoms with van der Waals surface area (Å²) >= 11 is 0. The fourth-order valence-electron chi connectivity index (χ4n) is 9.96. The van der Waals surface area contributed by atoms with E-state index >= 15 is 0 Å². The fourth-order valence-corrected chi connectivity index (χ4v) is 9.96. The number of hydrogen-bond donors (Lipinski definition) is 0. The van der Waals surface area contributed by atoms with Gasteiger partial charge in [-0.3, -0.25) is 14.4 Å². The Morgan fingerprint density at radius 3 is 1.44 bits per heavy atom. The van der Waals surface area contributed by atoms with Crippen LogP contribution in [0.4, 0.5) is 0 Å². The minimum atomic E-state index is 0.807. The lowest BCUT2D eigenvalue weighted by molar-refractivity contribution is 1.22. The molecule has 4 aromatic heterocycles. The second-order valence-electron chi connectivity index (χ2n) is 16.4. The minimum absolute atomic E-state index is 0.807. The molecule has 0 saturated carbocycles. The van der Waals surface area contributed by atoms with Crippen molar-refractivity contribution in [2.45, 2.75) is 0 Å². The van der Waals surface area contributed by atoms with Crippen LogP contribution in [-0.2, 0) is 0 Å². The van der Waals surface area contributed by atoms with E-state index in [1.807, 2.05) is 42.7 Å². The van der Waals surface area contributed by atoms with E-state index in [1.54, 1.807) is 0 Å². The van der Waals surface area contributed by atoms with Gasteiger partial charge in [0.15, 0.2) is 0 Å². The monoisotopic (exact) mass is 800 g/mol. The quantitative estimate of drug-likeness (QED) is 0.129. The molecule has 0 fully saturated rings. The lowest BCUT2D eigenvalue weighted by atomic mass is 9.84. The predicted molar refractivity (Wildman–Crippen MR) is 263 cm³/mol. The van der Waals surface area contributed by atoms with E-state index in [1.165, 1.54) is 65.3 Å². The number of rotatable bonds is 5. The summed E-state index contributed by atoms with van der Waals surface area (Å²) in [5, 5.41) is 13.2. The number of imidazole rings is 1. The Labute approximate surface area is 363 Å². The van der Waals surface area contributed by atoms with Gasteiger partial charge in [-0.25, -0.2) is 4.98 Å². The van der Waals surface area contributed by atoms with Crippen molar-refractivity contribution in [2.24, 2.45) is 0 Å². The summed E-state index contributed by atoms with van der Waals surface area (Å²) in [6.07, 6.45) is 3.67. The van der Waals surface area contributed by atoms with Crippen LogP contribution >= 0.6 is 0 Å². The normalized spacial score (nSPS) is 11.8. The highest BCUT2D eigenvalue weighted by molar-refractivity contribution is 6.23. The molecule has 63 heavy (non-hydrogen) atoms. The van der Waals surface area contributed by atoms with E-state index in [0.717, 1.165) is 61.2 Å². The topological polar surface area (TPSA) is 43.1 Å². The van der Waals surface area contributed by atoms with Crippen molar-refractivity contribution in [1.29, 1.82) is 0 Å². The molecule has 0 amide bonds. The average Bonchev–Trinajstić information content (AvgIpc) is 3.77. The van der Waals surface area contributed by atoms with E-state index < -0.39 is 0 Å². The predicted octanol–water partition coefficient (Wildman–Crippen LogP) is 15.4. The first-order chi connectivity index (χ1) is 31.2. The van der Waals surface area contributed by atoms with Gasteiger partial charge in [0.05, 0.1) is 16.9 Å². The number of nitrogens with zero attached hydrogens (tertiary/aromatic N) is 4. The maximum absolute atomic E-state index is 5.34. The highest BCUT2D eigenvalue weighted by atomic mass is 15.1. The van der Waals surface area contributed by atoms with Gasteiger partial charge >= 0.3 is 0 Å². The molecule has 292 valence electrons. The number of aromatic nitrogens is 4. The van der Waals surface area contributed by atoms with Crippen molar-refractivity contribution in [3.8, 4) is 56.2 Å². The van der Waals surface area contributed by atoms with E-state index in [-0.39, 0.29) is 0 Å². The summed E-state index contributed by atoms with van der Waals surface area (Å²) in [6.45, 7) is 0. The third-order valence-electron chi connectivity index (χ3n) is 12.8. The summed E-state index contributed by atoms with van der Waals surface area (Å²) in [6, 6.07) is 74.7. The molecule has 9 aromatic carbocycles. The van der Waals surface area contributed by atoms with Gasteiger partial charge in [-0.05, 0) is 136 Å². The first kappa shape index (κ1) is 35.3. The smallest absolute Gasteiger partial charge is 0.146 e. The third kappa shape index (κ3) is 5.59. The van der Waals surface area contributed by atoms with Crippen molar-refractivity contribution < 1.29 is 0 Å². The molecule has 4 heterocycles. The highest BCUT2D eigenvalue weighted by Crippen LogP contribution is 2.46. The maximum atomic E-state index is 5.34. The van der Waals surface area contributed by atoms with Crippen molar-refractivity contribution in [2.75, 3.05) is 0 Å². The van der Waals surface area contributed by atoms with Gasteiger partial charge in [0.25, 0.3) is 0 Å². The molecule has 0 bridgehead atoms. The van der Waals surface area contributed by atoms with Gasteiger partial charge in [0.1, 0.15) is 17.0 Å². The molecule has 4 heteroatoms. The van der Waals surface area contributed by atoms with Crippen molar-refractivity contribution in [1.82, 2.24) is 19.4 Å². The second-order valence-corrected chi connectivity index (χ2v) is 16.4. The van der Waals surface area contributed by atoms with Gasteiger partial charge < -0.3 is 0 Å². The van der Waals surface area contributed by atoms with Crippen molar-refractivity contribution in [3.05, 3.63) is 219 Å². The van der Waals surface area contributed by atoms with E-state index in [0.29, 0.717) is 0 Å². The van der Waals surface area contributed by atoms with Crippen LogP contribution in [0.15, 0.2) is 219 Å². The van der Waals surface area contributed by atoms with E-state index in [4.69, 9.17) is 15.0 Å². The van der Waals surface area contributed by atoms with Crippen LogP contribution in [-0.4, -0.2) is 19.4 Å². The van der Waals surface area contributed by atoms with E-state index in [9.17, 15) is 0 Å². The lowest BCUT2D eigenvalue weighted by Gasteiger charge is -2.19. The second kappa shape index (κ2) is 14.1. The standard InChI is InChI=1S/C59H36N4/c1-3-15-39-33-43(25-23-37(39)13-1)55-46-18-6-7-19-47(46)56(44-26-24-38-14-2-4-16-40(38)34-44)51-36-41(27-29-48(51)55)42-28-30-54-50(35-42)45-17-5-8-20-49(45)59-62-57(52-21-9-11-31-60-52)58(63(54)59)53-22-10-12-32-61-53/h1-36H. The number of pyridine rings is 3. The first-order valence-corrected chi connectivity index (χ1v) is 21.4. The maximum Gasteiger partial charge on any atom is 0.146 e. The summed E-state index contributed by atoms with van der Waals surface area (Å²) in [7, 11) is 0. The van der Waals surface area contributed by atoms with Crippen LogP contribution in [0.1, 0.15) is 0 Å². The largest absolute Gasteiger partial charge is 0.290 e. The highest BCUT2D eigenvalue weighted by Gasteiger charge is 2.23. The van der Waals surface area contributed by atoms with Gasteiger partial charge in [0, 0.05) is 23.2 Å². The zero-order chi connectivity index (χ0) is 41.4. The van der Waals surface area contributed by atoms with Gasteiger partial charge in [-0.1, -0.05) is 152 Å². The van der Waals surface area contributed by atoms with Crippen LogP contribution in [0.5, 0.6) is 0 Å². The SMILES string of the molecule is c1ccc(-c2nc3c4ccccc4c4cc(-c5ccc6c(-c7ccc8ccccc8c7)c7ccccc7c(-c7ccc8ccccc8c7)c6c5)ccc4n3c2-c2ccccn2)nc1. The number of hydrogen-bond acceptors (Lipinski definition) is 3. The van der Waals surface area contributed by atoms with Crippen LogP contribution in [0.25, 0.3) is 127 Å². The minimum Gasteiger partial charge on any atom is -0.290 e. The Balaban J connectivity index is 1.10. The molecule has 4 nitrogen and oxygen atoms in total. The van der Waals surface area contributed by atoms with Crippen LogP contribution in [0, 0.1) is 0 Å². The van der Waals surface area contributed by atoms with Crippen LogP contribution in [0.3, 0.4) is 0 Å². The van der Waals surface area contributed by atoms with Crippen molar-refractivity contribution >= 4 is 70.4 Å². The average molecular weight is 801 g/mol. The van der Waals surface area contributed by atoms with Crippen LogP contribution < -0.4 is 0 Å². The summed E-state index contributed by atoms with van der Waals surface area (Å²) in [4.78, 5) is 15.0. The summed E-state index contributed by atoms with van der Waals surface area (Å²) in [5.41, 5.74) is 12.5. The summed E-state index contributed by atoms with van der Waals surface area (Å²) < 4.78 is 2.29. The molecule has 0 unspecified atom stereocenters. The zero-order valence-corrected chi connectivity index (χ0v) is 34.1. The molecule has 0 spiro atoms. The summed E-state index contributed by atoms with van der Waals surface area (Å²) in [5.74, 6) is 0. The Kier molecular flexibility index (Phi) is 7.87. The number of benzene rings is 9. The molecular formula is C59H36N4. The first-order valence-electron chi connectivity index (χ1n) is 21.4. The molecular weight excluding hydrogens is 765 g/mol. The molecule has 0 aliphatic rings. The van der Waals surface area contributed by atoms with Crippen molar-refractivity contribution in [3.63, 3.8) is 0 Å². The third-order valence-corrected chi connectivity index (χ3v) is 12.8. The molecule has 0 aliphatic heterocycles. The Hall–Kier alpha value is -8.47. The lowest BCUT2D eigenvalue weighted by Crippen LogP contribution is -1.96. The molecule has 0 radical (unpaired) electrons. The van der Waals surface area contributed by atoms with Gasteiger partial charge in [-0.15, -0.1) is 0 Å². The number of fused-ring (bicyclic) bond motifs is 10. The molecule has 0 N–H and O–H groups in total. The van der Waals surface area contributed by atoms with Gasteiger partial charge in [0.2, 0.25) is 0 Å². The molecule has 13 rings (SSSR count). The Morgan fingerprint density at radius 2 is 0.810 bits per heavy atom. The Bertz CT molecular complexity index is 3960.